The Kier molecular flexibility index (Phi) is 7.21. The van der Waals surface area contributed by atoms with Gasteiger partial charge in [0.2, 0.25) is 0 Å². The van der Waals surface area contributed by atoms with Crippen molar-refractivity contribution in [3.8, 4) is 0 Å². The van der Waals surface area contributed by atoms with E-state index in [0.29, 0.717) is 5.75 Å². The van der Waals surface area contributed by atoms with Crippen LogP contribution in [0.5, 0.6) is 0 Å². The smallest absolute Gasteiger partial charge is 0.258 e. The van der Waals surface area contributed by atoms with Crippen molar-refractivity contribution < 1.29 is 4.79 Å². The number of aryl methyl sites for hydroxylation is 3. The van der Waals surface area contributed by atoms with E-state index in [1.54, 1.807) is 23.1 Å². The van der Waals surface area contributed by atoms with Crippen LogP contribution in [0.1, 0.15) is 16.7 Å². The molecule has 27 heavy (non-hydrogen) atoms. The van der Waals surface area contributed by atoms with Crippen molar-refractivity contribution in [1.29, 1.82) is 0 Å². The molecule has 1 aromatic heterocycles. The molecule has 0 radical (unpaired) electrons. The fourth-order valence-electron chi connectivity index (χ4n) is 2.77. The molecule has 0 N–H and O–H groups in total. The topological polar surface area (TPSA) is 34.4 Å². The van der Waals surface area contributed by atoms with Gasteiger partial charge >= 0.3 is 0 Å². The zero-order valence-electron chi connectivity index (χ0n) is 15.9. The largest absolute Gasteiger partial charge is 0.316 e. The van der Waals surface area contributed by atoms with Crippen LogP contribution in [0.2, 0.25) is 0 Å². The number of aromatic nitrogens is 1. The number of hydrogen-bond donors (Lipinski definition) is 0. The average molecular weight is 417 g/mol. The van der Waals surface area contributed by atoms with Gasteiger partial charge in [0.15, 0.2) is 4.80 Å². The van der Waals surface area contributed by atoms with Crippen LogP contribution in [0.3, 0.4) is 0 Å². The Bertz CT molecular complexity index is 990. The SMILES string of the molecule is CSCCn1c(=NC(=O)CSCc2ccccc2)sc2cc(C)c(C)cc21. The van der Waals surface area contributed by atoms with E-state index in [-0.39, 0.29) is 5.91 Å². The molecule has 3 rings (SSSR count). The summed E-state index contributed by atoms with van der Waals surface area (Å²) in [4.78, 5) is 17.7. The van der Waals surface area contributed by atoms with Gasteiger partial charge in [-0.3, -0.25) is 4.79 Å². The molecular formula is C21H24N2OS3. The normalized spacial score (nSPS) is 12.0. The summed E-state index contributed by atoms with van der Waals surface area (Å²) in [5.41, 5.74) is 4.96. The third-order valence-corrected chi connectivity index (χ3v) is 7.00. The second kappa shape index (κ2) is 9.62. The number of rotatable bonds is 7. The van der Waals surface area contributed by atoms with Crippen molar-refractivity contribution in [1.82, 2.24) is 4.57 Å². The van der Waals surface area contributed by atoms with Gasteiger partial charge in [-0.1, -0.05) is 41.7 Å². The third kappa shape index (κ3) is 5.27. The van der Waals surface area contributed by atoms with Crippen LogP contribution >= 0.6 is 34.9 Å². The standard InChI is InChI=1S/C21H24N2OS3/c1-15-11-18-19(12-16(15)2)27-21(23(18)9-10-25-3)22-20(24)14-26-13-17-7-5-4-6-8-17/h4-8,11-12H,9-10,13-14H2,1-3H3. The van der Waals surface area contributed by atoms with Crippen LogP contribution < -0.4 is 4.80 Å². The van der Waals surface area contributed by atoms with Gasteiger partial charge in [-0.2, -0.15) is 16.8 Å². The summed E-state index contributed by atoms with van der Waals surface area (Å²) in [6.07, 6.45) is 2.10. The maximum atomic E-state index is 12.4. The number of amides is 1. The molecule has 1 amide bonds. The van der Waals surface area contributed by atoms with Gasteiger partial charge < -0.3 is 4.57 Å². The summed E-state index contributed by atoms with van der Waals surface area (Å²) >= 11 is 5.04. The van der Waals surface area contributed by atoms with Crippen LogP contribution in [0.4, 0.5) is 0 Å². The number of carbonyl (C=O) groups excluding carboxylic acids is 1. The molecule has 3 aromatic rings. The molecule has 0 unspecified atom stereocenters. The first-order valence-electron chi connectivity index (χ1n) is 8.87. The summed E-state index contributed by atoms with van der Waals surface area (Å²) in [5, 5.41) is 0. The number of fused-ring (bicyclic) bond motifs is 1. The summed E-state index contributed by atoms with van der Waals surface area (Å²) in [5.74, 6) is 2.18. The van der Waals surface area contributed by atoms with Gasteiger partial charge in [0.25, 0.3) is 5.91 Å². The average Bonchev–Trinajstić information content (AvgIpc) is 2.97. The Morgan fingerprint density at radius 3 is 2.63 bits per heavy atom. The minimum absolute atomic E-state index is 0.0613. The summed E-state index contributed by atoms with van der Waals surface area (Å²) < 4.78 is 3.39. The molecule has 142 valence electrons. The number of thioether (sulfide) groups is 2. The molecule has 0 aliphatic heterocycles. The Labute approximate surface area is 172 Å². The first-order valence-corrected chi connectivity index (χ1v) is 12.2. The van der Waals surface area contributed by atoms with E-state index in [0.717, 1.165) is 22.9 Å². The fraction of sp³-hybridized carbons (Fsp3) is 0.333. The van der Waals surface area contributed by atoms with Crippen LogP contribution in [-0.2, 0) is 17.1 Å². The van der Waals surface area contributed by atoms with E-state index < -0.39 is 0 Å². The van der Waals surface area contributed by atoms with Gasteiger partial charge in [-0.25, -0.2) is 0 Å². The number of carbonyl (C=O) groups is 1. The second-order valence-electron chi connectivity index (χ2n) is 6.42. The van der Waals surface area contributed by atoms with Gasteiger partial charge in [0.1, 0.15) is 0 Å². The molecule has 0 saturated heterocycles. The first-order chi connectivity index (χ1) is 13.1. The lowest BCUT2D eigenvalue weighted by atomic mass is 10.1. The lowest BCUT2D eigenvalue weighted by Gasteiger charge is -2.06. The first kappa shape index (κ1) is 20.2. The third-order valence-electron chi connectivity index (χ3n) is 4.37. The van der Waals surface area contributed by atoms with Gasteiger partial charge in [-0.05, 0) is 48.9 Å². The number of nitrogens with zero attached hydrogens (tertiary/aromatic N) is 2. The lowest BCUT2D eigenvalue weighted by molar-refractivity contribution is -0.115. The predicted molar refractivity (Wildman–Crippen MR) is 121 cm³/mol. The van der Waals surface area contributed by atoms with E-state index in [4.69, 9.17) is 0 Å². The molecule has 3 nitrogen and oxygen atoms in total. The number of benzene rings is 2. The lowest BCUT2D eigenvalue weighted by Crippen LogP contribution is -2.18. The molecule has 6 heteroatoms. The molecule has 0 fully saturated rings. The molecule has 0 aliphatic rings. The van der Waals surface area contributed by atoms with Crippen LogP contribution in [0.15, 0.2) is 47.5 Å². The van der Waals surface area contributed by atoms with Crippen molar-refractivity contribution in [2.75, 3.05) is 17.8 Å². The van der Waals surface area contributed by atoms with E-state index in [1.807, 2.05) is 30.0 Å². The Morgan fingerprint density at radius 2 is 1.89 bits per heavy atom. The quantitative estimate of drug-likeness (QED) is 0.541. The van der Waals surface area contributed by atoms with Crippen molar-refractivity contribution in [2.24, 2.45) is 4.99 Å². The monoisotopic (exact) mass is 416 g/mol. The van der Waals surface area contributed by atoms with Gasteiger partial charge in [-0.15, -0.1) is 11.8 Å². The zero-order chi connectivity index (χ0) is 19.2. The zero-order valence-corrected chi connectivity index (χ0v) is 18.3. The number of thiazole rings is 1. The number of hydrogen-bond acceptors (Lipinski definition) is 4. The molecule has 0 aliphatic carbocycles. The van der Waals surface area contributed by atoms with E-state index in [1.165, 1.54) is 26.9 Å². The van der Waals surface area contributed by atoms with E-state index >= 15 is 0 Å². The van der Waals surface area contributed by atoms with Crippen molar-refractivity contribution in [3.63, 3.8) is 0 Å². The summed E-state index contributed by atoms with van der Waals surface area (Å²) in [6, 6.07) is 14.7. The van der Waals surface area contributed by atoms with Crippen molar-refractivity contribution >= 4 is 51.0 Å². The molecular weight excluding hydrogens is 392 g/mol. The van der Waals surface area contributed by atoms with Gasteiger partial charge in [0.05, 0.1) is 16.0 Å². The minimum Gasteiger partial charge on any atom is -0.316 e. The summed E-state index contributed by atoms with van der Waals surface area (Å²) in [6.45, 7) is 5.13. The molecule has 0 atom stereocenters. The fourth-order valence-corrected chi connectivity index (χ4v) is 5.06. The van der Waals surface area contributed by atoms with E-state index in [2.05, 4.69) is 53.9 Å². The van der Waals surface area contributed by atoms with Gasteiger partial charge in [0, 0.05) is 18.1 Å². The Balaban J connectivity index is 1.81. The maximum Gasteiger partial charge on any atom is 0.258 e. The van der Waals surface area contributed by atoms with Crippen LogP contribution in [-0.4, -0.2) is 28.2 Å². The minimum atomic E-state index is -0.0613. The Morgan fingerprint density at radius 1 is 1.15 bits per heavy atom. The predicted octanol–water partition coefficient (Wildman–Crippen LogP) is 5.04. The Hall–Kier alpha value is -1.50. The van der Waals surface area contributed by atoms with E-state index in [9.17, 15) is 4.79 Å². The maximum absolute atomic E-state index is 12.4. The molecule has 1 heterocycles. The highest BCUT2D eigenvalue weighted by molar-refractivity contribution is 7.99. The molecule has 2 aromatic carbocycles. The molecule has 0 saturated carbocycles. The second-order valence-corrected chi connectivity index (χ2v) is 9.40. The highest BCUT2D eigenvalue weighted by Crippen LogP contribution is 2.22. The highest BCUT2D eigenvalue weighted by Gasteiger charge is 2.10. The van der Waals surface area contributed by atoms with Crippen LogP contribution in [0, 0.1) is 13.8 Å². The molecule has 0 bridgehead atoms. The van der Waals surface area contributed by atoms with Crippen LogP contribution in [0.25, 0.3) is 10.2 Å². The summed E-state index contributed by atoms with van der Waals surface area (Å²) in [7, 11) is 0. The van der Waals surface area contributed by atoms with Crippen molar-refractivity contribution in [3.05, 3.63) is 64.0 Å². The molecule has 0 spiro atoms. The van der Waals surface area contributed by atoms with Crippen molar-refractivity contribution in [2.45, 2.75) is 26.1 Å². The highest BCUT2D eigenvalue weighted by atomic mass is 32.2.